The van der Waals surface area contributed by atoms with Crippen molar-refractivity contribution in [2.75, 3.05) is 45.3 Å². The molecule has 0 radical (unpaired) electrons. The molecule has 3 aromatic rings. The van der Waals surface area contributed by atoms with Gasteiger partial charge in [-0.1, -0.05) is 6.07 Å². The third-order valence-corrected chi connectivity index (χ3v) is 5.86. The number of pyridine rings is 1. The van der Waals surface area contributed by atoms with Crippen LogP contribution in [0.1, 0.15) is 21.5 Å². The number of nitrogens with zero attached hydrogens (tertiary/aromatic N) is 3. The van der Waals surface area contributed by atoms with Crippen molar-refractivity contribution in [1.82, 2.24) is 9.88 Å². The molecular weight excluding hydrogens is 394 g/mol. The molecule has 1 aliphatic heterocycles. The van der Waals surface area contributed by atoms with E-state index in [0.717, 1.165) is 60.4 Å². The van der Waals surface area contributed by atoms with E-state index < -0.39 is 0 Å². The van der Waals surface area contributed by atoms with Crippen LogP contribution in [0.4, 0.5) is 5.69 Å². The molecule has 1 fully saturated rings. The smallest absolute Gasteiger partial charge is 0.162 e. The number of carbonyl (C=O) groups is 1. The van der Waals surface area contributed by atoms with E-state index in [-0.39, 0.29) is 5.75 Å². The van der Waals surface area contributed by atoms with E-state index in [0.29, 0.717) is 23.3 Å². The molecule has 1 aliphatic rings. The van der Waals surface area contributed by atoms with Gasteiger partial charge in [-0.05, 0) is 36.2 Å². The number of anilines is 1. The molecule has 7 heteroatoms. The molecule has 0 saturated carbocycles. The zero-order valence-corrected chi connectivity index (χ0v) is 18.1. The molecule has 1 N–H and O–H groups in total. The number of hydrogen-bond donors (Lipinski definition) is 1. The Labute approximate surface area is 181 Å². The van der Waals surface area contributed by atoms with Crippen molar-refractivity contribution in [2.45, 2.75) is 13.5 Å². The first kappa shape index (κ1) is 20.9. The Balaban J connectivity index is 1.51. The molecule has 0 amide bonds. The number of aromatic nitrogens is 1. The molecule has 0 spiro atoms. The van der Waals surface area contributed by atoms with E-state index in [1.54, 1.807) is 20.3 Å². The van der Waals surface area contributed by atoms with E-state index >= 15 is 0 Å². The predicted molar refractivity (Wildman–Crippen MR) is 121 cm³/mol. The number of aromatic hydroxyl groups is 1. The van der Waals surface area contributed by atoms with Crippen LogP contribution in [0.2, 0.25) is 0 Å². The van der Waals surface area contributed by atoms with Gasteiger partial charge >= 0.3 is 0 Å². The molecule has 2 aromatic carbocycles. The Hall–Kier alpha value is -3.32. The summed E-state index contributed by atoms with van der Waals surface area (Å²) >= 11 is 0. The highest BCUT2D eigenvalue weighted by Gasteiger charge is 2.20. The molecule has 4 rings (SSSR count). The van der Waals surface area contributed by atoms with Crippen LogP contribution in [-0.2, 0) is 6.54 Å². The van der Waals surface area contributed by atoms with Gasteiger partial charge in [0, 0.05) is 56.1 Å². The van der Waals surface area contributed by atoms with Crippen molar-refractivity contribution in [3.8, 4) is 17.2 Å². The second-order valence-electron chi connectivity index (χ2n) is 7.79. The second kappa shape index (κ2) is 8.81. The van der Waals surface area contributed by atoms with E-state index in [4.69, 9.17) is 9.47 Å². The lowest BCUT2D eigenvalue weighted by Crippen LogP contribution is -2.46. The zero-order valence-electron chi connectivity index (χ0n) is 18.1. The number of hydrogen-bond acceptors (Lipinski definition) is 7. The Morgan fingerprint density at radius 3 is 2.45 bits per heavy atom. The maximum absolute atomic E-state index is 11.2. The summed E-state index contributed by atoms with van der Waals surface area (Å²) in [6.45, 7) is 6.12. The number of piperazine rings is 1. The number of aldehydes is 1. The molecule has 31 heavy (non-hydrogen) atoms. The lowest BCUT2D eigenvalue weighted by atomic mass is 10.0. The van der Waals surface area contributed by atoms with Gasteiger partial charge in [-0.3, -0.25) is 14.7 Å². The minimum Gasteiger partial charge on any atom is -0.507 e. The Bertz CT molecular complexity index is 1110. The van der Waals surface area contributed by atoms with Gasteiger partial charge in [-0.15, -0.1) is 0 Å². The van der Waals surface area contributed by atoms with Crippen molar-refractivity contribution in [1.29, 1.82) is 0 Å². The normalized spacial score (nSPS) is 14.6. The van der Waals surface area contributed by atoms with Gasteiger partial charge in [-0.2, -0.15) is 0 Å². The van der Waals surface area contributed by atoms with E-state index in [2.05, 4.69) is 14.8 Å². The van der Waals surface area contributed by atoms with Crippen LogP contribution in [-0.4, -0.2) is 61.7 Å². The fourth-order valence-corrected chi connectivity index (χ4v) is 4.20. The SMILES string of the molecule is COc1cc2nccc(N3CCN(Cc4cc(C)c(O)c(C=O)c4)CC3)c2cc1OC. The summed E-state index contributed by atoms with van der Waals surface area (Å²) in [7, 11) is 3.26. The number of phenolic OH excluding ortho intramolecular Hbond substituents is 1. The van der Waals surface area contributed by atoms with E-state index in [1.807, 2.05) is 37.4 Å². The summed E-state index contributed by atoms with van der Waals surface area (Å²) in [5, 5.41) is 11.0. The quantitative estimate of drug-likeness (QED) is 0.612. The highest BCUT2D eigenvalue weighted by molar-refractivity contribution is 5.94. The first-order valence-corrected chi connectivity index (χ1v) is 10.3. The lowest BCUT2D eigenvalue weighted by Gasteiger charge is -2.36. The number of rotatable bonds is 6. The minimum atomic E-state index is 0.0696. The number of fused-ring (bicyclic) bond motifs is 1. The lowest BCUT2D eigenvalue weighted by molar-refractivity contribution is 0.112. The first-order valence-electron chi connectivity index (χ1n) is 10.3. The summed E-state index contributed by atoms with van der Waals surface area (Å²) < 4.78 is 10.9. The van der Waals surface area contributed by atoms with Gasteiger partial charge in [0.1, 0.15) is 5.75 Å². The third kappa shape index (κ3) is 4.14. The van der Waals surface area contributed by atoms with Crippen LogP contribution in [0.25, 0.3) is 10.9 Å². The molecule has 1 saturated heterocycles. The van der Waals surface area contributed by atoms with Crippen molar-refractivity contribution >= 4 is 22.9 Å². The third-order valence-electron chi connectivity index (χ3n) is 5.86. The van der Waals surface area contributed by atoms with Crippen molar-refractivity contribution < 1.29 is 19.4 Å². The average molecular weight is 421 g/mol. The van der Waals surface area contributed by atoms with Gasteiger partial charge in [0.25, 0.3) is 0 Å². The number of methoxy groups -OCH3 is 2. The number of phenols is 1. The number of ether oxygens (including phenoxy) is 2. The summed E-state index contributed by atoms with van der Waals surface area (Å²) in [5.41, 5.74) is 4.12. The Kier molecular flexibility index (Phi) is 5.95. The maximum atomic E-state index is 11.2. The number of carbonyl (C=O) groups excluding carboxylic acids is 1. The summed E-state index contributed by atoms with van der Waals surface area (Å²) in [5.74, 6) is 1.43. The largest absolute Gasteiger partial charge is 0.507 e. The first-order chi connectivity index (χ1) is 15.0. The van der Waals surface area contributed by atoms with Crippen LogP contribution in [0.3, 0.4) is 0 Å². The maximum Gasteiger partial charge on any atom is 0.162 e. The van der Waals surface area contributed by atoms with E-state index in [1.165, 1.54) is 0 Å². The summed E-state index contributed by atoms with van der Waals surface area (Å²) in [6.07, 6.45) is 2.54. The number of benzene rings is 2. The van der Waals surface area contributed by atoms with Gasteiger partial charge in [0.05, 0.1) is 25.3 Å². The van der Waals surface area contributed by atoms with Crippen molar-refractivity contribution in [3.05, 3.63) is 53.2 Å². The van der Waals surface area contributed by atoms with Gasteiger partial charge in [0.2, 0.25) is 0 Å². The highest BCUT2D eigenvalue weighted by Crippen LogP contribution is 2.36. The molecule has 2 heterocycles. The van der Waals surface area contributed by atoms with E-state index in [9.17, 15) is 9.90 Å². The summed E-state index contributed by atoms with van der Waals surface area (Å²) in [6, 6.07) is 9.67. The monoisotopic (exact) mass is 421 g/mol. The van der Waals surface area contributed by atoms with Gasteiger partial charge in [-0.25, -0.2) is 0 Å². The minimum absolute atomic E-state index is 0.0696. The van der Waals surface area contributed by atoms with Crippen LogP contribution in [0.5, 0.6) is 17.2 Å². The topological polar surface area (TPSA) is 75.1 Å². The van der Waals surface area contributed by atoms with Crippen LogP contribution < -0.4 is 14.4 Å². The average Bonchev–Trinajstić information content (AvgIpc) is 2.80. The van der Waals surface area contributed by atoms with Gasteiger partial charge < -0.3 is 19.5 Å². The summed E-state index contributed by atoms with van der Waals surface area (Å²) in [4.78, 5) is 20.4. The molecule has 0 bridgehead atoms. The molecule has 1 aromatic heterocycles. The van der Waals surface area contributed by atoms with Crippen molar-refractivity contribution in [3.63, 3.8) is 0 Å². The Morgan fingerprint density at radius 2 is 1.77 bits per heavy atom. The Morgan fingerprint density at radius 1 is 1.06 bits per heavy atom. The number of aryl methyl sites for hydroxylation is 1. The van der Waals surface area contributed by atoms with Crippen LogP contribution in [0, 0.1) is 6.92 Å². The van der Waals surface area contributed by atoms with Gasteiger partial charge in [0.15, 0.2) is 17.8 Å². The molecule has 162 valence electrons. The van der Waals surface area contributed by atoms with Crippen LogP contribution >= 0.6 is 0 Å². The molecule has 0 unspecified atom stereocenters. The fraction of sp³-hybridized carbons (Fsp3) is 0.333. The highest BCUT2D eigenvalue weighted by atomic mass is 16.5. The standard InChI is InChI=1S/C24H27N3O4/c1-16-10-17(11-18(15-28)24(16)29)14-26-6-8-27(9-7-26)21-4-5-25-20-13-23(31-3)22(30-2)12-19(20)21/h4-5,10-13,15,29H,6-9,14H2,1-3H3. The fourth-order valence-electron chi connectivity index (χ4n) is 4.20. The molecule has 0 atom stereocenters. The zero-order chi connectivity index (χ0) is 22.0. The molecular formula is C24H27N3O4. The predicted octanol–water partition coefficient (Wildman–Crippen LogP) is 3.40. The molecule has 7 nitrogen and oxygen atoms in total. The molecule has 0 aliphatic carbocycles. The van der Waals surface area contributed by atoms with Crippen molar-refractivity contribution in [2.24, 2.45) is 0 Å². The van der Waals surface area contributed by atoms with Crippen LogP contribution in [0.15, 0.2) is 36.5 Å². The second-order valence-corrected chi connectivity index (χ2v) is 7.79.